The van der Waals surface area contributed by atoms with Crippen LogP contribution >= 0.6 is 11.8 Å². The fraction of sp³-hybridized carbons (Fsp3) is 0.500. The lowest BCUT2D eigenvalue weighted by atomic mass is 10.0. The summed E-state index contributed by atoms with van der Waals surface area (Å²) in [5.41, 5.74) is 2.49. The van der Waals surface area contributed by atoms with Crippen LogP contribution < -0.4 is 0 Å². The number of hydrogen-bond acceptors (Lipinski definition) is 3. The van der Waals surface area contributed by atoms with E-state index < -0.39 is 12.0 Å². The minimum atomic E-state index is -0.927. The molecule has 1 saturated heterocycles. The van der Waals surface area contributed by atoms with Crippen molar-refractivity contribution in [1.29, 1.82) is 0 Å². The van der Waals surface area contributed by atoms with Gasteiger partial charge in [-0.1, -0.05) is 31.5 Å². The van der Waals surface area contributed by atoms with Crippen LogP contribution in [0.1, 0.15) is 35.3 Å². The highest BCUT2D eigenvalue weighted by atomic mass is 32.2. The number of amides is 1. The van der Waals surface area contributed by atoms with Gasteiger partial charge in [0.1, 0.15) is 6.04 Å². The van der Waals surface area contributed by atoms with E-state index in [9.17, 15) is 14.7 Å². The maximum atomic E-state index is 12.9. The first kappa shape index (κ1) is 15.9. The van der Waals surface area contributed by atoms with E-state index in [1.54, 1.807) is 16.7 Å². The van der Waals surface area contributed by atoms with Crippen LogP contribution in [0, 0.1) is 19.8 Å². The van der Waals surface area contributed by atoms with Crippen molar-refractivity contribution in [2.75, 3.05) is 5.75 Å². The molecule has 2 rings (SSSR count). The zero-order valence-corrected chi connectivity index (χ0v) is 13.6. The Hall–Kier alpha value is -1.49. The van der Waals surface area contributed by atoms with Crippen LogP contribution in [0.5, 0.6) is 0 Å². The number of carboxylic acids is 1. The van der Waals surface area contributed by atoms with E-state index in [0.29, 0.717) is 11.3 Å². The van der Waals surface area contributed by atoms with Crippen molar-refractivity contribution in [2.24, 2.45) is 5.92 Å². The van der Waals surface area contributed by atoms with Crippen LogP contribution in [0.4, 0.5) is 0 Å². The lowest BCUT2D eigenvalue weighted by molar-refractivity contribution is -0.141. The highest BCUT2D eigenvalue weighted by Gasteiger charge is 2.43. The summed E-state index contributed by atoms with van der Waals surface area (Å²) in [6, 6.07) is 4.97. The first-order valence-corrected chi connectivity index (χ1v) is 8.12. The van der Waals surface area contributed by atoms with Crippen LogP contribution in [0.3, 0.4) is 0 Å². The van der Waals surface area contributed by atoms with Gasteiger partial charge in [-0.15, -0.1) is 11.8 Å². The van der Waals surface area contributed by atoms with Crippen molar-refractivity contribution in [3.8, 4) is 0 Å². The van der Waals surface area contributed by atoms with E-state index in [1.807, 2.05) is 45.9 Å². The Balaban J connectivity index is 2.41. The molecule has 0 saturated carbocycles. The number of aryl methyl sites for hydroxylation is 2. The van der Waals surface area contributed by atoms with Crippen molar-refractivity contribution < 1.29 is 14.7 Å². The van der Waals surface area contributed by atoms with E-state index in [4.69, 9.17) is 0 Å². The second-order valence-corrected chi connectivity index (χ2v) is 7.00. The predicted molar refractivity (Wildman–Crippen MR) is 84.6 cm³/mol. The number of hydrogen-bond donors (Lipinski definition) is 1. The number of aliphatic carboxylic acids is 1. The van der Waals surface area contributed by atoms with Crippen molar-refractivity contribution >= 4 is 23.6 Å². The van der Waals surface area contributed by atoms with Crippen LogP contribution in [-0.4, -0.2) is 39.1 Å². The van der Waals surface area contributed by atoms with Crippen molar-refractivity contribution in [3.63, 3.8) is 0 Å². The summed E-state index contributed by atoms with van der Waals surface area (Å²) in [6.07, 6.45) is 0. The number of benzene rings is 1. The number of carbonyl (C=O) groups excluding carboxylic acids is 1. The van der Waals surface area contributed by atoms with Gasteiger partial charge in [-0.05, 0) is 31.4 Å². The van der Waals surface area contributed by atoms with E-state index in [1.165, 1.54) is 0 Å². The molecule has 4 nitrogen and oxygen atoms in total. The largest absolute Gasteiger partial charge is 0.480 e. The molecule has 5 heteroatoms. The Kier molecular flexibility index (Phi) is 4.61. The first-order chi connectivity index (χ1) is 9.82. The summed E-state index contributed by atoms with van der Waals surface area (Å²) in [5, 5.41) is 9.31. The Morgan fingerprint density at radius 2 is 2.00 bits per heavy atom. The van der Waals surface area contributed by atoms with Gasteiger partial charge in [0.05, 0.1) is 5.37 Å². The van der Waals surface area contributed by atoms with Gasteiger partial charge in [-0.2, -0.15) is 0 Å². The highest BCUT2D eigenvalue weighted by Crippen LogP contribution is 2.35. The summed E-state index contributed by atoms with van der Waals surface area (Å²) in [7, 11) is 0. The SMILES string of the molecule is Cc1ccc(C)c(C(=O)N2C(C(=O)O)CSC2C(C)C)c1. The molecule has 1 amide bonds. The Bertz CT molecular complexity index is 571. The minimum absolute atomic E-state index is 0.0847. The standard InChI is InChI=1S/C16H21NO3S/c1-9(2)15-17(13(8-21-15)16(19)20)14(18)12-7-10(3)5-6-11(12)4/h5-7,9,13,15H,8H2,1-4H3,(H,19,20). The molecule has 0 spiro atoms. The average molecular weight is 307 g/mol. The fourth-order valence-electron chi connectivity index (χ4n) is 2.59. The molecule has 21 heavy (non-hydrogen) atoms. The summed E-state index contributed by atoms with van der Waals surface area (Å²) >= 11 is 1.55. The summed E-state index contributed by atoms with van der Waals surface area (Å²) in [6.45, 7) is 7.86. The number of carbonyl (C=O) groups is 2. The maximum absolute atomic E-state index is 12.9. The van der Waals surface area contributed by atoms with Crippen molar-refractivity contribution in [1.82, 2.24) is 4.90 Å². The average Bonchev–Trinajstić information content (AvgIpc) is 2.85. The molecule has 2 atom stereocenters. The van der Waals surface area contributed by atoms with E-state index >= 15 is 0 Å². The summed E-state index contributed by atoms with van der Waals surface area (Å²) in [5.74, 6) is -0.431. The molecular weight excluding hydrogens is 286 g/mol. The van der Waals surface area contributed by atoms with E-state index in [0.717, 1.165) is 11.1 Å². The van der Waals surface area contributed by atoms with Gasteiger partial charge in [0.2, 0.25) is 0 Å². The maximum Gasteiger partial charge on any atom is 0.327 e. The molecule has 0 bridgehead atoms. The summed E-state index contributed by atoms with van der Waals surface area (Å²) < 4.78 is 0. The van der Waals surface area contributed by atoms with Crippen LogP contribution in [0.2, 0.25) is 0 Å². The molecule has 1 aliphatic heterocycles. The van der Waals surface area contributed by atoms with Crippen molar-refractivity contribution in [2.45, 2.75) is 39.1 Å². The molecule has 2 unspecified atom stereocenters. The molecule has 1 aliphatic rings. The van der Waals surface area contributed by atoms with Gasteiger partial charge in [0.25, 0.3) is 5.91 Å². The van der Waals surface area contributed by atoms with Gasteiger partial charge >= 0.3 is 5.97 Å². The molecule has 114 valence electrons. The zero-order chi connectivity index (χ0) is 15.7. The fourth-order valence-corrected chi connectivity index (χ4v) is 4.06. The third-order valence-electron chi connectivity index (χ3n) is 3.75. The minimum Gasteiger partial charge on any atom is -0.480 e. The molecule has 1 N–H and O–H groups in total. The van der Waals surface area contributed by atoms with Crippen molar-refractivity contribution in [3.05, 3.63) is 34.9 Å². The van der Waals surface area contributed by atoms with Gasteiger partial charge in [-0.3, -0.25) is 4.79 Å². The highest BCUT2D eigenvalue weighted by molar-refractivity contribution is 8.00. The normalized spacial score (nSPS) is 21.9. The quantitative estimate of drug-likeness (QED) is 0.933. The second-order valence-electron chi connectivity index (χ2n) is 5.85. The Labute approximate surface area is 129 Å². The number of rotatable bonds is 3. The molecule has 0 aliphatic carbocycles. The molecule has 1 fully saturated rings. The zero-order valence-electron chi connectivity index (χ0n) is 12.8. The number of nitrogens with zero attached hydrogens (tertiary/aromatic N) is 1. The lowest BCUT2D eigenvalue weighted by Gasteiger charge is -2.30. The lowest BCUT2D eigenvalue weighted by Crippen LogP contribution is -2.47. The topological polar surface area (TPSA) is 57.6 Å². The third-order valence-corrected chi connectivity index (χ3v) is 5.37. The smallest absolute Gasteiger partial charge is 0.327 e. The van der Waals surface area contributed by atoms with Gasteiger partial charge < -0.3 is 10.0 Å². The van der Waals surface area contributed by atoms with Gasteiger partial charge in [0, 0.05) is 11.3 Å². The second kappa shape index (κ2) is 6.10. The molecule has 1 aromatic carbocycles. The Morgan fingerprint density at radius 3 is 2.57 bits per heavy atom. The third kappa shape index (κ3) is 3.07. The molecule has 1 heterocycles. The monoisotopic (exact) mass is 307 g/mol. The molecule has 0 radical (unpaired) electrons. The van der Waals surface area contributed by atoms with Crippen LogP contribution in [0.15, 0.2) is 18.2 Å². The Morgan fingerprint density at radius 1 is 1.33 bits per heavy atom. The van der Waals surface area contributed by atoms with Gasteiger partial charge in [0.15, 0.2) is 0 Å². The van der Waals surface area contributed by atoms with Crippen LogP contribution in [-0.2, 0) is 4.79 Å². The van der Waals surface area contributed by atoms with E-state index in [-0.39, 0.29) is 17.2 Å². The number of carboxylic acid groups (broad SMARTS) is 1. The first-order valence-electron chi connectivity index (χ1n) is 7.07. The predicted octanol–water partition coefficient (Wildman–Crippen LogP) is 2.93. The number of thioether (sulfide) groups is 1. The van der Waals surface area contributed by atoms with E-state index in [2.05, 4.69) is 0 Å². The van der Waals surface area contributed by atoms with Crippen LogP contribution in [0.25, 0.3) is 0 Å². The molecule has 1 aromatic rings. The van der Waals surface area contributed by atoms with Gasteiger partial charge in [-0.25, -0.2) is 4.79 Å². The molecule has 0 aromatic heterocycles. The molecular formula is C16H21NO3S. The summed E-state index contributed by atoms with van der Waals surface area (Å²) in [4.78, 5) is 25.9.